The second-order valence-electron chi connectivity index (χ2n) is 6.89. The van der Waals surface area contributed by atoms with Gasteiger partial charge in [-0.25, -0.2) is 9.97 Å². The molecule has 34 heavy (non-hydrogen) atoms. The summed E-state index contributed by atoms with van der Waals surface area (Å²) in [5.41, 5.74) is -0.0598. The van der Waals surface area contributed by atoms with Crippen molar-refractivity contribution in [3.63, 3.8) is 0 Å². The van der Waals surface area contributed by atoms with E-state index in [-0.39, 0.29) is 40.6 Å². The first-order chi connectivity index (χ1) is 16.1. The Morgan fingerprint density at radius 1 is 1.21 bits per heavy atom. The predicted octanol–water partition coefficient (Wildman–Crippen LogP) is 3.59. The zero-order chi connectivity index (χ0) is 24.6. The van der Waals surface area contributed by atoms with E-state index in [0.29, 0.717) is 11.3 Å². The zero-order valence-corrected chi connectivity index (χ0v) is 17.6. The number of aryl methyl sites for hydroxylation is 1. The van der Waals surface area contributed by atoms with Crippen LogP contribution in [-0.2, 0) is 7.05 Å². The lowest BCUT2D eigenvalue weighted by Gasteiger charge is -2.10. The van der Waals surface area contributed by atoms with E-state index < -0.39 is 22.6 Å². The van der Waals surface area contributed by atoms with Crippen LogP contribution in [0.25, 0.3) is 33.7 Å². The van der Waals surface area contributed by atoms with E-state index in [9.17, 15) is 28.1 Å². The van der Waals surface area contributed by atoms with Gasteiger partial charge in [-0.3, -0.25) is 19.6 Å². The summed E-state index contributed by atoms with van der Waals surface area (Å²) in [6, 6.07) is 6.13. The number of aromatic amines is 1. The second-order valence-corrected chi connectivity index (χ2v) is 6.89. The largest absolute Gasteiger partial charge is 0.573 e. The number of pyridine rings is 1. The predicted molar refractivity (Wildman–Crippen MR) is 112 cm³/mol. The number of alkyl halides is 3. The van der Waals surface area contributed by atoms with Crippen molar-refractivity contribution in [2.75, 3.05) is 6.61 Å². The summed E-state index contributed by atoms with van der Waals surface area (Å²) in [5.74, 6) is -0.448. The van der Waals surface area contributed by atoms with Gasteiger partial charge in [0.05, 0.1) is 22.8 Å². The van der Waals surface area contributed by atoms with Gasteiger partial charge >= 0.3 is 6.36 Å². The minimum Gasteiger partial charge on any atom is -0.477 e. The van der Waals surface area contributed by atoms with Crippen molar-refractivity contribution >= 4 is 16.7 Å². The van der Waals surface area contributed by atoms with Crippen LogP contribution in [0.15, 0.2) is 41.3 Å². The number of fused-ring (bicyclic) bond motifs is 1. The van der Waals surface area contributed by atoms with Crippen molar-refractivity contribution in [3.8, 4) is 34.3 Å². The zero-order valence-electron chi connectivity index (χ0n) is 17.6. The molecule has 4 rings (SSSR count). The number of rotatable bonds is 6. The quantitative estimate of drug-likeness (QED) is 0.329. The Morgan fingerprint density at radius 2 is 1.91 bits per heavy atom. The van der Waals surface area contributed by atoms with Crippen LogP contribution < -0.4 is 15.0 Å². The number of nitrogens with one attached hydrogen (secondary N) is 1. The van der Waals surface area contributed by atoms with Crippen LogP contribution >= 0.6 is 0 Å². The molecule has 1 N–H and O–H groups in total. The maximum atomic E-state index is 12.8. The molecular weight excluding hydrogens is 461 g/mol. The molecule has 0 aliphatic carbocycles. The van der Waals surface area contributed by atoms with Crippen LogP contribution in [-0.4, -0.2) is 42.6 Å². The fourth-order valence-electron chi connectivity index (χ4n) is 3.31. The Morgan fingerprint density at radius 3 is 2.53 bits per heavy atom. The molecule has 0 atom stereocenters. The number of nitrogens with zero attached hydrogens (tertiary/aromatic N) is 5. The first kappa shape index (κ1) is 22.7. The molecule has 3 heterocycles. The van der Waals surface area contributed by atoms with E-state index in [0.717, 1.165) is 18.3 Å². The Bertz CT molecular complexity index is 1450. The topological polar surface area (TPSA) is 138 Å². The summed E-state index contributed by atoms with van der Waals surface area (Å²) >= 11 is 0. The van der Waals surface area contributed by atoms with E-state index in [1.807, 2.05) is 0 Å². The van der Waals surface area contributed by atoms with Gasteiger partial charge in [-0.05, 0) is 31.2 Å². The Balaban J connectivity index is 1.88. The number of hydrogen-bond acceptors (Lipinski definition) is 8. The molecule has 0 saturated heterocycles. The molecule has 4 aromatic rings. The van der Waals surface area contributed by atoms with Crippen molar-refractivity contribution < 1.29 is 27.6 Å². The normalized spacial score (nSPS) is 11.6. The van der Waals surface area contributed by atoms with Gasteiger partial charge in [0.2, 0.25) is 5.88 Å². The SMILES string of the molecule is CCOc1ncc([N+](=O)[O-])cc1-c1nc2c(-c3ccc(OC(F)(F)F)cc3)n(C)nc2c(=O)[nH]1. The molecule has 0 unspecified atom stereocenters. The molecule has 176 valence electrons. The van der Waals surface area contributed by atoms with Crippen LogP contribution in [0.4, 0.5) is 18.9 Å². The van der Waals surface area contributed by atoms with E-state index >= 15 is 0 Å². The smallest absolute Gasteiger partial charge is 0.477 e. The lowest BCUT2D eigenvalue weighted by Crippen LogP contribution is -2.16. The number of hydrogen-bond donors (Lipinski definition) is 1. The first-order valence-corrected chi connectivity index (χ1v) is 9.68. The maximum Gasteiger partial charge on any atom is 0.573 e. The van der Waals surface area contributed by atoms with E-state index in [2.05, 4.69) is 24.8 Å². The standard InChI is InChI=1S/C20H15F3N6O5/c1-3-33-19-13(8-11(9-24-19)29(31)32)17-25-14-15(18(30)26-17)27-28(2)16(14)10-4-6-12(7-5-10)34-20(21,22)23/h4-9H,3H2,1-2H3,(H,25,26,30). The molecule has 0 fully saturated rings. The third kappa shape index (κ3) is 4.37. The molecule has 0 spiro atoms. The summed E-state index contributed by atoms with van der Waals surface area (Å²) < 4.78 is 48.1. The summed E-state index contributed by atoms with van der Waals surface area (Å²) in [6.07, 6.45) is -3.82. The van der Waals surface area contributed by atoms with Crippen molar-refractivity contribution in [1.82, 2.24) is 24.7 Å². The molecular formula is C20H15F3N6O5. The van der Waals surface area contributed by atoms with Gasteiger partial charge < -0.3 is 14.5 Å². The van der Waals surface area contributed by atoms with Crippen LogP contribution in [0.1, 0.15) is 6.92 Å². The highest BCUT2D eigenvalue weighted by molar-refractivity contribution is 5.90. The fraction of sp³-hybridized carbons (Fsp3) is 0.200. The lowest BCUT2D eigenvalue weighted by molar-refractivity contribution is -0.385. The third-order valence-corrected chi connectivity index (χ3v) is 4.64. The molecule has 0 aliphatic heterocycles. The van der Waals surface area contributed by atoms with Gasteiger partial charge in [0, 0.05) is 18.7 Å². The summed E-state index contributed by atoms with van der Waals surface area (Å²) in [4.78, 5) is 34.2. The Labute approximate surface area is 187 Å². The number of aromatic nitrogens is 5. The minimum atomic E-state index is -4.84. The van der Waals surface area contributed by atoms with Crippen molar-refractivity contribution in [1.29, 1.82) is 0 Å². The lowest BCUT2D eigenvalue weighted by atomic mass is 10.1. The molecule has 11 nitrogen and oxygen atoms in total. The minimum absolute atomic E-state index is 0.0229. The Hall–Kier alpha value is -4.49. The summed E-state index contributed by atoms with van der Waals surface area (Å²) in [6.45, 7) is 1.90. The molecule has 0 amide bonds. The van der Waals surface area contributed by atoms with Gasteiger partial charge in [-0.1, -0.05) is 0 Å². The van der Waals surface area contributed by atoms with Crippen molar-refractivity contribution in [2.24, 2.45) is 7.05 Å². The van der Waals surface area contributed by atoms with Gasteiger partial charge in [0.15, 0.2) is 5.52 Å². The van der Waals surface area contributed by atoms with Crippen LogP contribution in [0, 0.1) is 10.1 Å². The van der Waals surface area contributed by atoms with Gasteiger partial charge in [-0.15, -0.1) is 13.2 Å². The highest BCUT2D eigenvalue weighted by Crippen LogP contribution is 2.32. The second kappa shape index (κ2) is 8.46. The highest BCUT2D eigenvalue weighted by Gasteiger charge is 2.31. The number of nitro groups is 1. The molecule has 0 radical (unpaired) electrons. The van der Waals surface area contributed by atoms with Crippen molar-refractivity contribution in [2.45, 2.75) is 13.3 Å². The van der Waals surface area contributed by atoms with Gasteiger partial charge in [0.1, 0.15) is 23.3 Å². The first-order valence-electron chi connectivity index (χ1n) is 9.68. The molecule has 0 bridgehead atoms. The summed E-state index contributed by atoms with van der Waals surface area (Å²) in [7, 11) is 1.54. The number of benzene rings is 1. The third-order valence-electron chi connectivity index (χ3n) is 4.64. The van der Waals surface area contributed by atoms with Crippen LogP contribution in [0.5, 0.6) is 11.6 Å². The number of H-pyrrole nitrogens is 1. The molecule has 0 saturated carbocycles. The molecule has 3 aromatic heterocycles. The van der Waals surface area contributed by atoms with Crippen LogP contribution in [0.2, 0.25) is 0 Å². The number of halogens is 3. The molecule has 14 heteroatoms. The fourth-order valence-corrected chi connectivity index (χ4v) is 3.31. The van der Waals surface area contributed by atoms with E-state index in [4.69, 9.17) is 4.74 Å². The Kier molecular flexibility index (Phi) is 5.65. The summed E-state index contributed by atoms with van der Waals surface area (Å²) in [5, 5.41) is 15.4. The van der Waals surface area contributed by atoms with E-state index in [1.54, 1.807) is 6.92 Å². The average molecular weight is 476 g/mol. The van der Waals surface area contributed by atoms with E-state index in [1.165, 1.54) is 29.9 Å². The van der Waals surface area contributed by atoms with Gasteiger partial charge in [0.25, 0.3) is 11.2 Å². The highest BCUT2D eigenvalue weighted by atomic mass is 19.4. The van der Waals surface area contributed by atoms with Crippen LogP contribution in [0.3, 0.4) is 0 Å². The maximum absolute atomic E-state index is 12.8. The molecule has 0 aliphatic rings. The molecule has 1 aromatic carbocycles. The van der Waals surface area contributed by atoms with Crippen molar-refractivity contribution in [3.05, 3.63) is 57.0 Å². The monoisotopic (exact) mass is 476 g/mol. The van der Waals surface area contributed by atoms with Gasteiger partial charge in [-0.2, -0.15) is 5.10 Å². The number of ether oxygens (including phenoxy) is 2. The average Bonchev–Trinajstić information content (AvgIpc) is 3.10.